The van der Waals surface area contributed by atoms with Gasteiger partial charge in [-0.3, -0.25) is 9.79 Å². The number of benzene rings is 4. The first-order chi connectivity index (χ1) is 21.3. The van der Waals surface area contributed by atoms with Crippen LogP contribution in [0, 0.1) is 0 Å². The van der Waals surface area contributed by atoms with Gasteiger partial charge in [-0.2, -0.15) is 13.2 Å². The number of carbonyl (C=O) groups is 1. The minimum Gasteiger partial charge on any atom is -0.374 e. The van der Waals surface area contributed by atoms with E-state index in [0.717, 1.165) is 4.70 Å². The van der Waals surface area contributed by atoms with Crippen LogP contribution in [0.15, 0.2) is 140 Å². The second kappa shape index (κ2) is 13.6. The maximum Gasteiger partial charge on any atom is 0.424 e. The number of aliphatic imine (C=N–C) groups is 1. The minimum atomic E-state index is -4.83. The summed E-state index contributed by atoms with van der Waals surface area (Å²) in [4.78, 5) is 27.3. The van der Waals surface area contributed by atoms with E-state index in [-0.39, 0.29) is 0 Å². The molecule has 222 valence electrons. The Balaban J connectivity index is 1.72. The van der Waals surface area contributed by atoms with Gasteiger partial charge < -0.3 is 4.84 Å². The number of oxime groups is 1. The molecule has 0 fully saturated rings. The summed E-state index contributed by atoms with van der Waals surface area (Å²) in [6.45, 7) is 3.38. The molecule has 0 amide bonds. The third-order valence-corrected chi connectivity index (χ3v) is 9.33. The summed E-state index contributed by atoms with van der Waals surface area (Å²) in [6, 6.07) is 34.7. The van der Waals surface area contributed by atoms with E-state index in [1.54, 1.807) is 6.07 Å². The molecule has 5 rings (SSSR count). The van der Waals surface area contributed by atoms with Crippen molar-refractivity contribution in [2.45, 2.75) is 16.1 Å². The second-order valence-electron chi connectivity index (χ2n) is 9.19. The Bertz CT molecular complexity index is 1690. The maximum atomic E-state index is 14.2. The number of para-hydroxylation sites is 1. The predicted octanol–water partition coefficient (Wildman–Crippen LogP) is 9.12. The quantitative estimate of drug-likeness (QED) is 0.0655. The van der Waals surface area contributed by atoms with Crippen molar-refractivity contribution in [2.24, 2.45) is 10.1 Å². The first-order valence-electron chi connectivity index (χ1n) is 13.1. The highest BCUT2D eigenvalue weighted by molar-refractivity contribution is 8.16. The molecule has 1 aromatic heterocycles. The van der Waals surface area contributed by atoms with Gasteiger partial charge in [0.1, 0.15) is 10.6 Å². The summed E-state index contributed by atoms with van der Waals surface area (Å²) in [5, 5.41) is 3.42. The molecule has 0 atom stereocenters. The molecular formula is C33H24F3N3O2S3. The van der Waals surface area contributed by atoms with Crippen LogP contribution in [-0.4, -0.2) is 35.0 Å². The number of aromatic nitrogens is 1. The molecule has 0 radical (unpaired) electrons. The third-order valence-electron chi connectivity index (χ3n) is 6.52. The zero-order valence-electron chi connectivity index (χ0n) is 23.2. The number of halogens is 3. The molecule has 0 aliphatic rings. The van der Waals surface area contributed by atoms with Crippen LogP contribution in [-0.2, 0) is 15.2 Å². The number of fused-ring (bicyclic) bond motifs is 1. The van der Waals surface area contributed by atoms with Gasteiger partial charge in [0.15, 0.2) is 10.1 Å². The number of hydrogen-bond donors (Lipinski definition) is 0. The second-order valence-corrected chi connectivity index (χ2v) is 12.3. The SMILES string of the molecule is C=NC(/C(=N/OC(c1ccccc1)(c1ccccc1)c1ccccc1)C(=O)Sc1nc2ccccc2s1)=C(\SC)C(F)(F)F. The molecular weight excluding hydrogens is 624 g/mol. The molecule has 44 heavy (non-hydrogen) atoms. The van der Waals surface area contributed by atoms with Crippen LogP contribution in [0.3, 0.4) is 0 Å². The van der Waals surface area contributed by atoms with E-state index < -0.39 is 33.2 Å². The van der Waals surface area contributed by atoms with Crippen molar-refractivity contribution in [3.8, 4) is 0 Å². The van der Waals surface area contributed by atoms with Crippen LogP contribution in [0.1, 0.15) is 16.7 Å². The highest BCUT2D eigenvalue weighted by Gasteiger charge is 2.42. The van der Waals surface area contributed by atoms with Crippen LogP contribution in [0.25, 0.3) is 10.2 Å². The normalized spacial score (nSPS) is 13.0. The van der Waals surface area contributed by atoms with Crippen molar-refractivity contribution in [3.63, 3.8) is 0 Å². The Hall–Kier alpha value is -4.19. The molecule has 11 heteroatoms. The van der Waals surface area contributed by atoms with Crippen molar-refractivity contribution >= 4 is 62.6 Å². The summed E-state index contributed by atoms with van der Waals surface area (Å²) in [6.07, 6.45) is -3.58. The largest absolute Gasteiger partial charge is 0.424 e. The molecule has 0 bridgehead atoms. The van der Waals surface area contributed by atoms with Gasteiger partial charge >= 0.3 is 6.18 Å². The lowest BCUT2D eigenvalue weighted by Crippen LogP contribution is -2.32. The summed E-state index contributed by atoms with van der Waals surface area (Å²) in [5.41, 5.74) is -0.222. The van der Waals surface area contributed by atoms with Gasteiger partial charge in [-0.05, 0) is 36.9 Å². The van der Waals surface area contributed by atoms with Crippen molar-refractivity contribution < 1.29 is 22.8 Å². The molecule has 0 unspecified atom stereocenters. The van der Waals surface area contributed by atoms with E-state index in [0.29, 0.717) is 50.1 Å². The average Bonchev–Trinajstić information content (AvgIpc) is 3.45. The van der Waals surface area contributed by atoms with E-state index in [2.05, 4.69) is 21.8 Å². The van der Waals surface area contributed by atoms with Crippen molar-refractivity contribution in [1.29, 1.82) is 0 Å². The number of carbonyl (C=O) groups excluding carboxylic acids is 1. The lowest BCUT2D eigenvalue weighted by molar-refractivity contribution is -0.105. The highest BCUT2D eigenvalue weighted by atomic mass is 32.2. The van der Waals surface area contributed by atoms with Crippen molar-refractivity contribution in [3.05, 3.63) is 143 Å². The van der Waals surface area contributed by atoms with Gasteiger partial charge in [0.2, 0.25) is 10.7 Å². The van der Waals surface area contributed by atoms with Gasteiger partial charge in [0.25, 0.3) is 0 Å². The van der Waals surface area contributed by atoms with E-state index in [4.69, 9.17) is 4.84 Å². The van der Waals surface area contributed by atoms with Crippen molar-refractivity contribution in [1.82, 2.24) is 4.98 Å². The Morgan fingerprint density at radius 1 is 0.818 bits per heavy atom. The maximum absolute atomic E-state index is 14.2. The third kappa shape index (κ3) is 6.50. The lowest BCUT2D eigenvalue weighted by Gasteiger charge is -2.33. The number of allylic oxidation sites excluding steroid dienone is 2. The number of hydrogen-bond acceptors (Lipinski definition) is 8. The fourth-order valence-electron chi connectivity index (χ4n) is 4.59. The summed E-state index contributed by atoms with van der Waals surface area (Å²) < 4.78 is 43.8. The number of alkyl halides is 3. The van der Waals surface area contributed by atoms with E-state index in [1.807, 2.05) is 109 Å². The summed E-state index contributed by atoms with van der Waals surface area (Å²) in [7, 11) is 0. The van der Waals surface area contributed by atoms with E-state index in [1.165, 1.54) is 17.6 Å². The summed E-state index contributed by atoms with van der Waals surface area (Å²) in [5.74, 6) is 0. The monoisotopic (exact) mass is 647 g/mol. The molecule has 5 aromatic rings. The topological polar surface area (TPSA) is 63.9 Å². The molecule has 4 aromatic carbocycles. The van der Waals surface area contributed by atoms with Gasteiger partial charge in [0.05, 0.1) is 10.2 Å². The van der Waals surface area contributed by atoms with Crippen LogP contribution in [0.4, 0.5) is 13.2 Å². The van der Waals surface area contributed by atoms with Crippen LogP contribution in [0.5, 0.6) is 0 Å². The number of rotatable bonds is 10. The van der Waals surface area contributed by atoms with Gasteiger partial charge in [-0.25, -0.2) is 4.98 Å². The molecule has 5 nitrogen and oxygen atoms in total. The fourth-order valence-corrected chi connectivity index (χ4v) is 7.07. The molecule has 0 aliphatic carbocycles. The van der Waals surface area contributed by atoms with Crippen LogP contribution < -0.4 is 0 Å². The van der Waals surface area contributed by atoms with Crippen molar-refractivity contribution in [2.75, 3.05) is 6.26 Å². The number of nitrogens with zero attached hydrogens (tertiary/aromatic N) is 3. The molecule has 0 N–H and O–H groups in total. The van der Waals surface area contributed by atoms with Crippen LogP contribution >= 0.6 is 34.9 Å². The predicted molar refractivity (Wildman–Crippen MR) is 174 cm³/mol. The standard InChI is InChI=1S/C33H24F3N3O2S3/c1-37-27(29(42-2)33(34,35)36)28(30(40)44-31-38-25-20-12-13-21-26(25)43-31)39-41-32(22-14-6-3-7-15-22,23-16-8-4-9-17-23)24-18-10-5-11-19-24/h3-21H,1H2,2H3/b29-27-,39-28-. The molecule has 0 spiro atoms. The van der Waals surface area contributed by atoms with Gasteiger partial charge in [-0.1, -0.05) is 108 Å². The first-order valence-corrected chi connectivity index (χ1v) is 16.0. The Kier molecular flexibility index (Phi) is 9.68. The summed E-state index contributed by atoms with van der Waals surface area (Å²) >= 11 is 2.30. The first kappa shape index (κ1) is 31.2. The lowest BCUT2D eigenvalue weighted by atomic mass is 9.80. The molecule has 0 saturated carbocycles. The zero-order chi connectivity index (χ0) is 31.2. The minimum absolute atomic E-state index is 0.338. The van der Waals surface area contributed by atoms with E-state index in [9.17, 15) is 18.0 Å². The van der Waals surface area contributed by atoms with E-state index >= 15 is 0 Å². The zero-order valence-corrected chi connectivity index (χ0v) is 25.6. The van der Waals surface area contributed by atoms with Gasteiger partial charge in [-0.15, -0.1) is 23.1 Å². The smallest absolute Gasteiger partial charge is 0.374 e. The average molecular weight is 648 g/mol. The van der Waals surface area contributed by atoms with Gasteiger partial charge in [0, 0.05) is 16.7 Å². The Labute approximate surface area is 264 Å². The molecule has 1 heterocycles. The fraction of sp³-hybridized carbons (Fsp3) is 0.0909. The Morgan fingerprint density at radius 2 is 1.32 bits per heavy atom. The number of thiazole rings is 1. The number of thioether (sulfide) groups is 2. The molecule has 0 saturated heterocycles. The molecule has 0 aliphatic heterocycles. The Morgan fingerprint density at radius 3 is 1.77 bits per heavy atom. The van der Waals surface area contributed by atoms with Crippen LogP contribution in [0.2, 0.25) is 0 Å². The highest BCUT2D eigenvalue weighted by Crippen LogP contribution is 2.42.